The molecule has 21 heavy (non-hydrogen) atoms. The predicted octanol–water partition coefficient (Wildman–Crippen LogP) is 1.35. The first-order chi connectivity index (χ1) is 10.3. The number of hydrogen-bond acceptors (Lipinski definition) is 4. The van der Waals surface area contributed by atoms with E-state index in [2.05, 4.69) is 15.5 Å². The molecule has 114 valence electrons. The van der Waals surface area contributed by atoms with Crippen LogP contribution in [0.4, 0.5) is 4.79 Å². The molecule has 0 bridgehead atoms. The molecule has 1 aromatic rings. The summed E-state index contributed by atoms with van der Waals surface area (Å²) < 4.78 is 5.23. The molecule has 1 atom stereocenters. The molecule has 2 N–H and O–H groups in total. The van der Waals surface area contributed by atoms with Crippen molar-refractivity contribution >= 4 is 6.09 Å². The summed E-state index contributed by atoms with van der Waals surface area (Å²) in [5.41, 5.74) is 1.01. The minimum Gasteiger partial charge on any atom is -0.445 e. The van der Waals surface area contributed by atoms with Crippen LogP contribution in [-0.4, -0.2) is 49.3 Å². The predicted molar refractivity (Wildman–Crippen MR) is 81.0 cm³/mol. The van der Waals surface area contributed by atoms with Crippen molar-refractivity contribution in [2.45, 2.75) is 31.5 Å². The van der Waals surface area contributed by atoms with Gasteiger partial charge in [0.25, 0.3) is 0 Å². The highest BCUT2D eigenvalue weighted by atomic mass is 16.5. The lowest BCUT2D eigenvalue weighted by Crippen LogP contribution is -2.64. The Morgan fingerprint density at radius 3 is 2.86 bits per heavy atom. The molecule has 0 aliphatic carbocycles. The summed E-state index contributed by atoms with van der Waals surface area (Å²) >= 11 is 0. The van der Waals surface area contributed by atoms with Crippen molar-refractivity contribution in [3.8, 4) is 0 Å². The van der Waals surface area contributed by atoms with E-state index in [4.69, 9.17) is 4.74 Å². The van der Waals surface area contributed by atoms with Gasteiger partial charge in [0, 0.05) is 25.7 Å². The Morgan fingerprint density at radius 2 is 2.14 bits per heavy atom. The van der Waals surface area contributed by atoms with E-state index >= 15 is 0 Å². The summed E-state index contributed by atoms with van der Waals surface area (Å²) in [6, 6.07) is 10.6. The highest BCUT2D eigenvalue weighted by molar-refractivity contribution is 5.67. The van der Waals surface area contributed by atoms with Crippen LogP contribution in [0.1, 0.15) is 18.4 Å². The Balaban J connectivity index is 1.33. The quantitative estimate of drug-likeness (QED) is 0.878. The molecule has 2 fully saturated rings. The van der Waals surface area contributed by atoms with Crippen LogP contribution in [0.15, 0.2) is 30.3 Å². The zero-order valence-electron chi connectivity index (χ0n) is 12.3. The van der Waals surface area contributed by atoms with E-state index in [-0.39, 0.29) is 12.1 Å². The summed E-state index contributed by atoms with van der Waals surface area (Å²) in [5.74, 6) is 0. The average molecular weight is 289 g/mol. The third kappa shape index (κ3) is 3.95. The van der Waals surface area contributed by atoms with Gasteiger partial charge in [-0.25, -0.2) is 4.79 Å². The van der Waals surface area contributed by atoms with Gasteiger partial charge in [-0.1, -0.05) is 30.3 Å². The first kappa shape index (κ1) is 14.4. The van der Waals surface area contributed by atoms with Crippen LogP contribution in [0, 0.1) is 0 Å². The molecule has 2 aliphatic rings. The molecule has 2 heterocycles. The van der Waals surface area contributed by atoms with Crippen LogP contribution in [0.3, 0.4) is 0 Å². The number of likely N-dealkylation sites (tertiary alicyclic amines) is 1. The molecule has 2 aliphatic heterocycles. The normalized spacial score (nSPS) is 23.3. The summed E-state index contributed by atoms with van der Waals surface area (Å²) in [6.45, 7) is 4.41. The van der Waals surface area contributed by atoms with Gasteiger partial charge in [0.05, 0.1) is 6.04 Å². The monoisotopic (exact) mass is 289 g/mol. The van der Waals surface area contributed by atoms with Crippen LogP contribution in [0.5, 0.6) is 0 Å². The summed E-state index contributed by atoms with van der Waals surface area (Å²) in [5, 5.41) is 6.36. The average Bonchev–Trinajstić information content (AvgIpc) is 2.50. The highest BCUT2D eigenvalue weighted by Gasteiger charge is 2.33. The number of rotatable bonds is 4. The van der Waals surface area contributed by atoms with Crippen LogP contribution in [0.2, 0.25) is 0 Å². The second-order valence-electron chi connectivity index (χ2n) is 5.86. The Bertz CT molecular complexity index is 454. The summed E-state index contributed by atoms with van der Waals surface area (Å²) in [7, 11) is 0. The molecule has 0 saturated carbocycles. The maximum atomic E-state index is 11.7. The van der Waals surface area contributed by atoms with Crippen LogP contribution >= 0.6 is 0 Å². The fraction of sp³-hybridized carbons (Fsp3) is 0.562. The van der Waals surface area contributed by atoms with Crippen LogP contribution in [0.25, 0.3) is 0 Å². The molecular formula is C16H23N3O2. The molecule has 2 saturated heterocycles. The third-order valence-corrected chi connectivity index (χ3v) is 4.23. The number of carbonyl (C=O) groups is 1. The van der Waals surface area contributed by atoms with Crippen molar-refractivity contribution in [3.63, 3.8) is 0 Å². The zero-order valence-corrected chi connectivity index (χ0v) is 12.3. The van der Waals surface area contributed by atoms with E-state index in [9.17, 15) is 4.79 Å². The number of nitrogens with zero attached hydrogens (tertiary/aromatic N) is 1. The minimum absolute atomic E-state index is 0.232. The second kappa shape index (κ2) is 6.91. The van der Waals surface area contributed by atoms with E-state index in [0.29, 0.717) is 12.6 Å². The Kier molecular flexibility index (Phi) is 4.72. The van der Waals surface area contributed by atoms with Gasteiger partial charge in [0.2, 0.25) is 0 Å². The van der Waals surface area contributed by atoms with Crippen LogP contribution < -0.4 is 10.6 Å². The van der Waals surface area contributed by atoms with E-state index in [1.807, 2.05) is 30.3 Å². The van der Waals surface area contributed by atoms with E-state index in [0.717, 1.165) is 31.7 Å². The number of carbonyl (C=O) groups excluding carboxylic acids is 1. The van der Waals surface area contributed by atoms with Crippen molar-refractivity contribution in [1.29, 1.82) is 0 Å². The molecule has 5 heteroatoms. The first-order valence-corrected chi connectivity index (χ1v) is 7.73. The van der Waals surface area contributed by atoms with E-state index < -0.39 is 0 Å². The fourth-order valence-electron chi connectivity index (χ4n) is 2.98. The van der Waals surface area contributed by atoms with Crippen LogP contribution in [-0.2, 0) is 11.3 Å². The number of nitrogens with one attached hydrogen (secondary N) is 2. The van der Waals surface area contributed by atoms with Gasteiger partial charge in [0.15, 0.2) is 0 Å². The zero-order chi connectivity index (χ0) is 14.5. The van der Waals surface area contributed by atoms with Crippen molar-refractivity contribution in [1.82, 2.24) is 15.5 Å². The van der Waals surface area contributed by atoms with Crippen molar-refractivity contribution in [2.75, 3.05) is 26.2 Å². The number of benzene rings is 1. The number of piperidine rings is 1. The van der Waals surface area contributed by atoms with Gasteiger partial charge < -0.3 is 15.4 Å². The van der Waals surface area contributed by atoms with Gasteiger partial charge in [-0.15, -0.1) is 0 Å². The maximum Gasteiger partial charge on any atom is 0.407 e. The third-order valence-electron chi connectivity index (χ3n) is 4.23. The number of amides is 1. The Morgan fingerprint density at radius 1 is 1.33 bits per heavy atom. The van der Waals surface area contributed by atoms with Gasteiger partial charge in [-0.3, -0.25) is 4.90 Å². The standard InChI is InChI=1S/C16H23N3O2/c20-16(21-12-13-5-2-1-3-6-13)18-14-10-19(11-14)15-7-4-8-17-9-15/h1-3,5-6,14-15,17H,4,7-12H2,(H,18,20). The molecule has 0 aromatic heterocycles. The smallest absolute Gasteiger partial charge is 0.407 e. The van der Waals surface area contributed by atoms with Crippen molar-refractivity contribution < 1.29 is 9.53 Å². The lowest BCUT2D eigenvalue weighted by molar-refractivity contribution is 0.0559. The molecule has 3 rings (SSSR count). The molecule has 1 amide bonds. The van der Waals surface area contributed by atoms with Gasteiger partial charge in [-0.05, 0) is 24.9 Å². The lowest BCUT2D eigenvalue weighted by atomic mass is 9.99. The minimum atomic E-state index is -0.315. The van der Waals surface area contributed by atoms with Crippen molar-refractivity contribution in [3.05, 3.63) is 35.9 Å². The number of alkyl carbamates (subject to hydrolysis) is 1. The highest BCUT2D eigenvalue weighted by Crippen LogP contribution is 2.17. The van der Waals surface area contributed by atoms with Crippen molar-refractivity contribution in [2.24, 2.45) is 0 Å². The van der Waals surface area contributed by atoms with E-state index in [1.54, 1.807) is 0 Å². The largest absolute Gasteiger partial charge is 0.445 e. The topological polar surface area (TPSA) is 53.6 Å². The SMILES string of the molecule is O=C(NC1CN(C2CCCNC2)C1)OCc1ccccc1. The lowest BCUT2D eigenvalue weighted by Gasteiger charge is -2.45. The van der Waals surface area contributed by atoms with Gasteiger partial charge in [0.1, 0.15) is 6.61 Å². The summed E-state index contributed by atoms with van der Waals surface area (Å²) in [6.07, 6.45) is 2.20. The van der Waals surface area contributed by atoms with Gasteiger partial charge >= 0.3 is 6.09 Å². The fourth-order valence-corrected chi connectivity index (χ4v) is 2.98. The summed E-state index contributed by atoms with van der Waals surface area (Å²) in [4.78, 5) is 14.2. The second-order valence-corrected chi connectivity index (χ2v) is 5.86. The number of hydrogen-bond donors (Lipinski definition) is 2. The molecule has 1 unspecified atom stereocenters. The maximum absolute atomic E-state index is 11.7. The molecule has 0 spiro atoms. The molecule has 1 aromatic carbocycles. The molecule has 0 radical (unpaired) electrons. The first-order valence-electron chi connectivity index (χ1n) is 7.73. The number of ether oxygens (including phenoxy) is 1. The Labute approximate surface area is 125 Å². The molecular weight excluding hydrogens is 266 g/mol. The van der Waals surface area contributed by atoms with Gasteiger partial charge in [-0.2, -0.15) is 0 Å². The van der Waals surface area contributed by atoms with E-state index in [1.165, 1.54) is 12.8 Å². The Hall–Kier alpha value is -1.59. The molecule has 5 nitrogen and oxygen atoms in total.